The van der Waals surface area contributed by atoms with E-state index < -0.39 is 11.8 Å². The van der Waals surface area contributed by atoms with Gasteiger partial charge in [-0.3, -0.25) is 4.98 Å². The highest BCUT2D eigenvalue weighted by atomic mass is 35.5. The van der Waals surface area contributed by atoms with Gasteiger partial charge < -0.3 is 15.0 Å². The number of ether oxygens (including phenoxy) is 1. The molecule has 0 bridgehead atoms. The Bertz CT molecular complexity index is 746. The fraction of sp³-hybridized carbons (Fsp3) is 0.375. The first kappa shape index (κ1) is 17.3. The lowest BCUT2D eigenvalue weighted by molar-refractivity contribution is 0.0527. The first-order chi connectivity index (χ1) is 12.1. The van der Waals surface area contributed by atoms with Crippen LogP contribution in [-0.2, 0) is 4.74 Å². The number of esters is 1. The van der Waals surface area contributed by atoms with E-state index in [0.29, 0.717) is 30.2 Å². The molecule has 0 amide bonds. The third-order valence-electron chi connectivity index (χ3n) is 3.77. The topological polar surface area (TPSA) is 80.2 Å². The highest BCUT2D eigenvalue weighted by molar-refractivity contribution is 6.22. The summed E-state index contributed by atoms with van der Waals surface area (Å²) >= 11 is 6.37. The molecule has 0 aromatic carbocycles. The van der Waals surface area contributed by atoms with Gasteiger partial charge in [0.2, 0.25) is 5.95 Å². The predicted molar refractivity (Wildman–Crippen MR) is 91.2 cm³/mol. The minimum Gasteiger partial charge on any atom is -0.462 e. The Balaban J connectivity index is 1.73. The Hall–Kier alpha value is -2.48. The average Bonchev–Trinajstić information content (AvgIpc) is 2.96. The van der Waals surface area contributed by atoms with Crippen LogP contribution in [0.25, 0.3) is 0 Å². The summed E-state index contributed by atoms with van der Waals surface area (Å²) in [6.45, 7) is 2.55. The van der Waals surface area contributed by atoms with Gasteiger partial charge in [0.15, 0.2) is 5.82 Å². The van der Waals surface area contributed by atoms with E-state index in [4.69, 9.17) is 16.3 Å². The molecule has 9 heteroatoms. The summed E-state index contributed by atoms with van der Waals surface area (Å²) in [6.07, 6.45) is 5.88. The highest BCUT2D eigenvalue weighted by Gasteiger charge is 2.33. The van der Waals surface area contributed by atoms with Crippen molar-refractivity contribution in [3.63, 3.8) is 0 Å². The van der Waals surface area contributed by atoms with E-state index in [1.807, 2.05) is 0 Å². The number of nitrogens with one attached hydrogen (secondary N) is 1. The molecule has 2 aromatic rings. The number of pyridine rings is 1. The normalized spacial score (nSPS) is 19.7. The van der Waals surface area contributed by atoms with Gasteiger partial charge in [-0.05, 0) is 13.0 Å². The Kier molecular flexibility index (Phi) is 5.28. The van der Waals surface area contributed by atoms with Gasteiger partial charge in [-0.1, -0.05) is 11.6 Å². The smallest absolute Gasteiger partial charge is 0.341 e. The lowest BCUT2D eigenvalue weighted by atomic mass is 10.2. The zero-order valence-electron chi connectivity index (χ0n) is 13.5. The minimum atomic E-state index is -0.500. The lowest BCUT2D eigenvalue weighted by Gasteiger charge is -2.19. The molecule has 2 atom stereocenters. The summed E-state index contributed by atoms with van der Waals surface area (Å²) < 4.78 is 18.0. The van der Waals surface area contributed by atoms with Crippen molar-refractivity contribution in [2.75, 3.05) is 23.4 Å². The number of hydrogen-bond acceptors (Lipinski definition) is 7. The molecule has 0 saturated carbocycles. The molecule has 1 aliphatic rings. The van der Waals surface area contributed by atoms with Crippen molar-refractivity contribution in [1.29, 1.82) is 0 Å². The van der Waals surface area contributed by atoms with Crippen LogP contribution in [-0.4, -0.2) is 45.6 Å². The van der Waals surface area contributed by atoms with Crippen molar-refractivity contribution in [3.05, 3.63) is 42.2 Å². The van der Waals surface area contributed by atoms with Gasteiger partial charge in [0.05, 0.1) is 24.7 Å². The first-order valence-corrected chi connectivity index (χ1v) is 8.28. The molecule has 132 valence electrons. The highest BCUT2D eigenvalue weighted by Crippen LogP contribution is 2.28. The van der Waals surface area contributed by atoms with Crippen LogP contribution >= 0.6 is 11.6 Å². The van der Waals surface area contributed by atoms with Crippen LogP contribution in [0.2, 0.25) is 0 Å². The summed E-state index contributed by atoms with van der Waals surface area (Å²) in [5.74, 6) is -0.567. The SMILES string of the molecule is CCOC(=O)c1cnccc1N[C@@H]1C[C@@H](Cl)N(c2ncc(F)cn2)C1. The van der Waals surface area contributed by atoms with Crippen molar-refractivity contribution < 1.29 is 13.9 Å². The number of alkyl halides is 1. The fourth-order valence-corrected chi connectivity index (χ4v) is 3.05. The number of nitrogens with zero attached hydrogens (tertiary/aromatic N) is 4. The summed E-state index contributed by atoms with van der Waals surface area (Å²) in [6, 6.07) is 1.68. The largest absolute Gasteiger partial charge is 0.462 e. The molecule has 1 N–H and O–H groups in total. The van der Waals surface area contributed by atoms with E-state index in [0.717, 1.165) is 12.4 Å². The molecule has 1 saturated heterocycles. The second kappa shape index (κ2) is 7.60. The Labute approximate surface area is 149 Å². The zero-order chi connectivity index (χ0) is 17.8. The third-order valence-corrected chi connectivity index (χ3v) is 4.19. The maximum Gasteiger partial charge on any atom is 0.341 e. The maximum atomic E-state index is 13.0. The predicted octanol–water partition coefficient (Wildman–Crippen LogP) is 2.44. The minimum absolute atomic E-state index is 0.0354. The molecule has 2 aromatic heterocycles. The molecular weight excluding hydrogens is 349 g/mol. The average molecular weight is 366 g/mol. The van der Waals surface area contributed by atoms with E-state index in [-0.39, 0.29) is 18.1 Å². The number of anilines is 2. The number of carbonyl (C=O) groups is 1. The van der Waals surface area contributed by atoms with Crippen LogP contribution in [0.4, 0.5) is 16.0 Å². The molecule has 7 nitrogen and oxygen atoms in total. The van der Waals surface area contributed by atoms with Crippen molar-refractivity contribution in [2.45, 2.75) is 24.9 Å². The molecule has 0 aliphatic carbocycles. The number of carbonyl (C=O) groups excluding carboxylic acids is 1. The van der Waals surface area contributed by atoms with Crippen LogP contribution in [0.15, 0.2) is 30.9 Å². The van der Waals surface area contributed by atoms with Crippen molar-refractivity contribution in [3.8, 4) is 0 Å². The molecule has 0 unspecified atom stereocenters. The second-order valence-electron chi connectivity index (χ2n) is 5.51. The van der Waals surface area contributed by atoms with Crippen molar-refractivity contribution in [2.24, 2.45) is 0 Å². The van der Waals surface area contributed by atoms with Gasteiger partial charge in [0.1, 0.15) is 11.1 Å². The van der Waals surface area contributed by atoms with Crippen molar-refractivity contribution in [1.82, 2.24) is 15.0 Å². The summed E-state index contributed by atoms with van der Waals surface area (Å²) in [5, 5.41) is 3.29. The first-order valence-electron chi connectivity index (χ1n) is 7.84. The zero-order valence-corrected chi connectivity index (χ0v) is 14.3. The Morgan fingerprint density at radius 3 is 2.92 bits per heavy atom. The van der Waals surface area contributed by atoms with Crippen LogP contribution in [0.5, 0.6) is 0 Å². The fourth-order valence-electron chi connectivity index (χ4n) is 2.67. The Morgan fingerprint density at radius 2 is 2.20 bits per heavy atom. The number of hydrogen-bond donors (Lipinski definition) is 1. The third kappa shape index (κ3) is 3.96. The van der Waals surface area contributed by atoms with Crippen LogP contribution < -0.4 is 10.2 Å². The maximum absolute atomic E-state index is 13.0. The van der Waals surface area contributed by atoms with E-state index in [1.165, 1.54) is 6.20 Å². The molecule has 1 fully saturated rings. The van der Waals surface area contributed by atoms with Crippen molar-refractivity contribution >= 4 is 29.2 Å². The van der Waals surface area contributed by atoms with Crippen LogP contribution in [0, 0.1) is 5.82 Å². The molecule has 3 heterocycles. The van der Waals surface area contributed by atoms with Gasteiger partial charge in [0, 0.05) is 31.4 Å². The summed E-state index contributed by atoms with van der Waals surface area (Å²) in [5.41, 5.74) is 0.659. The number of rotatable bonds is 5. The summed E-state index contributed by atoms with van der Waals surface area (Å²) in [4.78, 5) is 25.7. The van der Waals surface area contributed by atoms with E-state index in [2.05, 4.69) is 20.3 Å². The van der Waals surface area contributed by atoms with E-state index in [9.17, 15) is 9.18 Å². The van der Waals surface area contributed by atoms with Crippen LogP contribution in [0.1, 0.15) is 23.7 Å². The van der Waals surface area contributed by atoms with Gasteiger partial charge >= 0.3 is 5.97 Å². The summed E-state index contributed by atoms with van der Waals surface area (Å²) in [7, 11) is 0. The van der Waals surface area contributed by atoms with E-state index >= 15 is 0 Å². The van der Waals surface area contributed by atoms with Gasteiger partial charge in [0.25, 0.3) is 0 Å². The molecular formula is C16H17ClFN5O2. The lowest BCUT2D eigenvalue weighted by Crippen LogP contribution is -2.29. The molecule has 1 aliphatic heterocycles. The Morgan fingerprint density at radius 1 is 1.44 bits per heavy atom. The monoisotopic (exact) mass is 365 g/mol. The molecule has 25 heavy (non-hydrogen) atoms. The van der Waals surface area contributed by atoms with E-state index in [1.54, 1.807) is 24.1 Å². The number of halogens is 2. The molecule has 0 radical (unpaired) electrons. The van der Waals surface area contributed by atoms with Gasteiger partial charge in [-0.2, -0.15) is 0 Å². The standard InChI is InChI=1S/C16H17ClFN5O2/c1-2-25-15(24)12-8-19-4-3-13(12)22-11-5-14(17)23(9-11)16-20-6-10(18)7-21-16/h3-4,6-8,11,14H,2,5,9H2,1H3,(H,19,22)/t11-,14+/m1/s1. The molecule has 3 rings (SSSR count). The number of aromatic nitrogens is 3. The van der Waals surface area contributed by atoms with Gasteiger partial charge in [-0.15, -0.1) is 0 Å². The van der Waals surface area contributed by atoms with Gasteiger partial charge in [-0.25, -0.2) is 19.2 Å². The second-order valence-corrected chi connectivity index (χ2v) is 6.01. The molecule has 0 spiro atoms. The quantitative estimate of drug-likeness (QED) is 0.495. The van der Waals surface area contributed by atoms with Crippen LogP contribution in [0.3, 0.4) is 0 Å².